The van der Waals surface area contributed by atoms with Gasteiger partial charge in [-0.25, -0.2) is 4.39 Å². The van der Waals surface area contributed by atoms with Gasteiger partial charge < -0.3 is 10.8 Å². The number of hydrogen-bond donors (Lipinski definition) is 3. The number of nitroso groups, excluding NO2 is 1. The van der Waals surface area contributed by atoms with Crippen molar-refractivity contribution in [1.29, 1.82) is 0 Å². The fourth-order valence-corrected chi connectivity index (χ4v) is 4.90. The number of rotatable bonds is 4. The number of aliphatic hydroxyl groups is 1. The Morgan fingerprint density at radius 2 is 1.51 bits per heavy atom. The molecule has 2 aromatic carbocycles. The first-order valence-corrected chi connectivity index (χ1v) is 11.5. The van der Waals surface area contributed by atoms with Gasteiger partial charge in [0.05, 0.1) is 16.8 Å². The third-order valence-corrected chi connectivity index (χ3v) is 6.44. The van der Waals surface area contributed by atoms with Crippen molar-refractivity contribution >= 4 is 0 Å². The maximum absolute atomic E-state index is 13.0. The maximum atomic E-state index is 13.0. The number of halogens is 7. The van der Waals surface area contributed by atoms with Crippen LogP contribution in [0, 0.1) is 16.6 Å². The predicted molar refractivity (Wildman–Crippen MR) is 125 cm³/mol. The Morgan fingerprint density at radius 1 is 1.00 bits per heavy atom. The summed E-state index contributed by atoms with van der Waals surface area (Å²) in [4.78, 5) is 9.88. The van der Waals surface area contributed by atoms with Crippen LogP contribution in [0.25, 0.3) is 0 Å². The largest absolute Gasteiger partial charge is 0.416 e. The molecule has 0 bridgehead atoms. The van der Waals surface area contributed by atoms with Crippen LogP contribution < -0.4 is 11.1 Å². The minimum Gasteiger partial charge on any atom is -0.400 e. The molecule has 0 amide bonds. The van der Waals surface area contributed by atoms with E-state index < -0.39 is 35.6 Å². The molecule has 4 rings (SSSR count). The van der Waals surface area contributed by atoms with Crippen LogP contribution in [0.2, 0.25) is 0 Å². The molecule has 2 fully saturated rings. The van der Waals surface area contributed by atoms with Gasteiger partial charge in [0.15, 0.2) is 0 Å². The molecule has 4 N–H and O–H groups in total. The lowest BCUT2D eigenvalue weighted by Gasteiger charge is -2.48. The Morgan fingerprint density at radius 3 is 1.95 bits per heavy atom. The molecule has 4 atom stereocenters. The van der Waals surface area contributed by atoms with Crippen LogP contribution in [0.3, 0.4) is 0 Å². The van der Waals surface area contributed by atoms with E-state index in [1.807, 2.05) is 19.1 Å². The summed E-state index contributed by atoms with van der Waals surface area (Å²) < 4.78 is 86.8. The van der Waals surface area contributed by atoms with Crippen LogP contribution in [-0.4, -0.2) is 23.9 Å². The number of aliphatic hydroxyl groups excluding tert-OH is 1. The van der Waals surface area contributed by atoms with Gasteiger partial charge in [0, 0.05) is 13.2 Å². The summed E-state index contributed by atoms with van der Waals surface area (Å²) in [5.41, 5.74) is 3.79. The highest BCUT2D eigenvalue weighted by molar-refractivity contribution is 5.33. The third kappa shape index (κ3) is 8.47. The van der Waals surface area contributed by atoms with Gasteiger partial charge in [-0.15, -0.1) is 0 Å². The fourth-order valence-electron chi connectivity index (χ4n) is 4.90. The number of hydrogen-bond acceptors (Lipinski definition) is 5. The smallest absolute Gasteiger partial charge is 0.400 e. The average Bonchev–Trinajstić information content (AvgIpc) is 3.28. The van der Waals surface area contributed by atoms with Crippen LogP contribution in [-0.2, 0) is 18.9 Å². The van der Waals surface area contributed by atoms with Crippen molar-refractivity contribution in [2.45, 2.75) is 69.1 Å². The molecule has 1 saturated heterocycles. The molecule has 0 radical (unpaired) electrons. The van der Waals surface area contributed by atoms with E-state index >= 15 is 0 Å². The number of alkyl halides is 6. The molecule has 1 aliphatic heterocycles. The molecule has 1 aliphatic carbocycles. The van der Waals surface area contributed by atoms with E-state index in [0.717, 1.165) is 13.5 Å². The highest BCUT2D eigenvalue weighted by Crippen LogP contribution is 2.45. The summed E-state index contributed by atoms with van der Waals surface area (Å²) in [7, 11) is 1.00. The van der Waals surface area contributed by atoms with E-state index in [0.29, 0.717) is 30.0 Å². The van der Waals surface area contributed by atoms with E-state index in [2.05, 4.69) is 10.5 Å². The lowest BCUT2D eigenvalue weighted by atomic mass is 9.76. The molecule has 2 aliphatic rings. The fraction of sp³-hybridized carbons (Fsp3) is 0.520. The van der Waals surface area contributed by atoms with Gasteiger partial charge in [0.1, 0.15) is 12.4 Å². The highest BCUT2D eigenvalue weighted by atomic mass is 19.4. The van der Waals surface area contributed by atoms with Gasteiger partial charge in [-0.05, 0) is 79.5 Å². The molecule has 0 aromatic heterocycles. The van der Waals surface area contributed by atoms with E-state index in [9.17, 15) is 35.6 Å². The maximum Gasteiger partial charge on any atom is 0.416 e. The van der Waals surface area contributed by atoms with Crippen molar-refractivity contribution < 1.29 is 35.8 Å². The second kappa shape index (κ2) is 12.3. The number of nitrogens with two attached hydrogens (primary N) is 1. The Labute approximate surface area is 210 Å². The molecule has 3 unspecified atom stereocenters. The minimum atomic E-state index is -4.90. The Hall–Kier alpha value is -2.57. The lowest BCUT2D eigenvalue weighted by Crippen LogP contribution is -2.69. The van der Waals surface area contributed by atoms with Gasteiger partial charge in [-0.3, -0.25) is 5.32 Å². The second-order valence-electron chi connectivity index (χ2n) is 9.33. The first-order chi connectivity index (χ1) is 17.2. The summed E-state index contributed by atoms with van der Waals surface area (Å²) in [5.74, 6) is 1.08. The normalized spacial score (nSPS) is 25.2. The summed E-state index contributed by atoms with van der Waals surface area (Å²) in [6.45, 7) is 1.30. The Bertz CT molecular complexity index is 984. The quantitative estimate of drug-likeness (QED) is 0.314. The molecule has 0 spiro atoms. The van der Waals surface area contributed by atoms with Gasteiger partial charge in [0.2, 0.25) is 0 Å². The summed E-state index contributed by atoms with van der Waals surface area (Å²) in [6, 6.07) is 8.51. The molecule has 1 heterocycles. The van der Waals surface area contributed by atoms with E-state index in [-0.39, 0.29) is 17.5 Å². The van der Waals surface area contributed by atoms with E-state index in [1.165, 1.54) is 24.8 Å². The standard InChI is InChI=1S/C15H21FN2.C9H5F6NO.CH4O/c1-15(17)9-14(18-15)13-4-2-3-12(13)10-5-7-11(16)8-6-10;10-8(11,12)6-1-5(4-16-17)2-7(3-6)9(13,14)15;1-2/h5-8,12-14,18H,2-4,9,17H2,1H3;1-3H,4H2;2H,1H3/t12?,13?,14?,15-;;/m0../s1. The lowest BCUT2D eigenvalue weighted by molar-refractivity contribution is -0.143. The monoisotopic (exact) mass is 537 g/mol. The molecular weight excluding hydrogens is 507 g/mol. The van der Waals surface area contributed by atoms with Crippen molar-refractivity contribution in [3.8, 4) is 0 Å². The number of nitrogens with one attached hydrogen (secondary N) is 1. The van der Waals surface area contributed by atoms with Crippen molar-refractivity contribution in [2.24, 2.45) is 16.8 Å². The van der Waals surface area contributed by atoms with Crippen molar-refractivity contribution in [3.05, 3.63) is 75.4 Å². The van der Waals surface area contributed by atoms with E-state index in [1.54, 1.807) is 12.1 Å². The Balaban J connectivity index is 0.000000245. The minimum absolute atomic E-state index is 0.00565. The zero-order valence-electron chi connectivity index (χ0n) is 20.3. The predicted octanol–water partition coefficient (Wildman–Crippen LogP) is 6.35. The molecular formula is C25H30F7N3O2. The first kappa shape index (κ1) is 30.7. The van der Waals surface area contributed by atoms with Gasteiger partial charge in [-0.1, -0.05) is 23.7 Å². The topological polar surface area (TPSA) is 87.7 Å². The van der Waals surface area contributed by atoms with Gasteiger partial charge in [-0.2, -0.15) is 31.2 Å². The summed E-state index contributed by atoms with van der Waals surface area (Å²) >= 11 is 0. The van der Waals surface area contributed by atoms with Crippen molar-refractivity contribution in [3.63, 3.8) is 0 Å². The van der Waals surface area contributed by atoms with Crippen molar-refractivity contribution in [1.82, 2.24) is 5.32 Å². The second-order valence-corrected chi connectivity index (χ2v) is 9.33. The van der Waals surface area contributed by atoms with Gasteiger partial charge >= 0.3 is 12.4 Å². The first-order valence-electron chi connectivity index (χ1n) is 11.5. The molecule has 12 heteroatoms. The van der Waals surface area contributed by atoms with Crippen molar-refractivity contribution in [2.75, 3.05) is 7.11 Å². The highest BCUT2D eigenvalue weighted by Gasteiger charge is 2.44. The third-order valence-electron chi connectivity index (χ3n) is 6.44. The SMILES string of the molecule is CO.C[C@@]1(N)CC(C2CCCC2c2ccc(F)cc2)N1.O=NCc1cc(C(F)(F)F)cc(C(F)(F)F)c1. The number of benzene rings is 2. The van der Waals surface area contributed by atoms with Crippen LogP contribution in [0.1, 0.15) is 60.8 Å². The molecule has 1 saturated carbocycles. The average molecular weight is 538 g/mol. The van der Waals surface area contributed by atoms with Crippen LogP contribution in [0.15, 0.2) is 47.6 Å². The summed E-state index contributed by atoms with van der Waals surface area (Å²) in [5, 5.41) is 12.7. The molecule has 2 aromatic rings. The number of nitrogens with zero attached hydrogens (tertiary/aromatic N) is 1. The Kier molecular flexibility index (Phi) is 10.2. The van der Waals surface area contributed by atoms with Crippen LogP contribution in [0.4, 0.5) is 30.7 Å². The molecule has 37 heavy (non-hydrogen) atoms. The molecule has 5 nitrogen and oxygen atoms in total. The van der Waals surface area contributed by atoms with Gasteiger partial charge in [0.25, 0.3) is 0 Å². The zero-order chi connectivity index (χ0) is 28.0. The summed E-state index contributed by atoms with van der Waals surface area (Å²) in [6.07, 6.45) is -5.01. The van der Waals surface area contributed by atoms with Crippen LogP contribution >= 0.6 is 0 Å². The van der Waals surface area contributed by atoms with Crippen LogP contribution in [0.5, 0.6) is 0 Å². The van der Waals surface area contributed by atoms with E-state index in [4.69, 9.17) is 10.8 Å². The zero-order valence-corrected chi connectivity index (χ0v) is 20.3. The molecule has 206 valence electrons.